The van der Waals surface area contributed by atoms with Gasteiger partial charge in [-0.2, -0.15) is 5.10 Å². The lowest BCUT2D eigenvalue weighted by atomic mass is 10.1. The molecular formula is C20H22N4O2. The van der Waals surface area contributed by atoms with E-state index in [9.17, 15) is 4.79 Å². The van der Waals surface area contributed by atoms with Crippen LogP contribution in [-0.2, 0) is 13.0 Å². The highest BCUT2D eigenvalue weighted by molar-refractivity contribution is 6.05. The van der Waals surface area contributed by atoms with Crippen molar-refractivity contribution in [3.05, 3.63) is 71.5 Å². The lowest BCUT2D eigenvalue weighted by Crippen LogP contribution is -2.17. The number of benzene rings is 1. The van der Waals surface area contributed by atoms with Crippen LogP contribution in [0.1, 0.15) is 35.3 Å². The topological polar surface area (TPSA) is 69.0 Å². The van der Waals surface area contributed by atoms with Crippen molar-refractivity contribution in [3.8, 4) is 5.88 Å². The highest BCUT2D eigenvalue weighted by Gasteiger charge is 2.15. The predicted molar refractivity (Wildman–Crippen MR) is 101 cm³/mol. The van der Waals surface area contributed by atoms with Crippen LogP contribution < -0.4 is 10.1 Å². The molecule has 0 radical (unpaired) electrons. The molecule has 2 aromatic heterocycles. The van der Waals surface area contributed by atoms with Crippen molar-refractivity contribution in [2.24, 2.45) is 0 Å². The Morgan fingerprint density at radius 3 is 2.58 bits per heavy atom. The third-order valence-electron chi connectivity index (χ3n) is 4.02. The van der Waals surface area contributed by atoms with Crippen LogP contribution in [0.15, 0.2) is 54.9 Å². The molecule has 0 unspecified atom stereocenters. The van der Waals surface area contributed by atoms with E-state index < -0.39 is 0 Å². The maximum atomic E-state index is 12.6. The number of anilines is 1. The van der Waals surface area contributed by atoms with Gasteiger partial charge >= 0.3 is 0 Å². The molecule has 6 heteroatoms. The number of carbonyl (C=O) groups excluding carboxylic acids is 1. The van der Waals surface area contributed by atoms with Crippen LogP contribution in [0, 0.1) is 0 Å². The minimum Gasteiger partial charge on any atom is -0.477 e. The van der Waals surface area contributed by atoms with Gasteiger partial charge in [-0.15, -0.1) is 0 Å². The summed E-state index contributed by atoms with van der Waals surface area (Å²) >= 11 is 0. The largest absolute Gasteiger partial charge is 0.477 e. The quantitative estimate of drug-likeness (QED) is 0.708. The number of hydrogen-bond donors (Lipinski definition) is 1. The first-order valence-corrected chi connectivity index (χ1v) is 8.70. The molecule has 0 atom stereocenters. The molecule has 0 aliphatic rings. The number of aryl methyl sites for hydroxylation is 1. The van der Waals surface area contributed by atoms with E-state index in [1.54, 1.807) is 35.3 Å². The molecule has 0 bridgehead atoms. The van der Waals surface area contributed by atoms with Gasteiger partial charge in [-0.3, -0.25) is 4.79 Å². The van der Waals surface area contributed by atoms with E-state index in [-0.39, 0.29) is 5.91 Å². The van der Waals surface area contributed by atoms with Crippen LogP contribution in [0.2, 0.25) is 0 Å². The lowest BCUT2D eigenvalue weighted by Gasteiger charge is -2.11. The van der Waals surface area contributed by atoms with E-state index in [0.29, 0.717) is 30.4 Å². The van der Waals surface area contributed by atoms with Crippen LogP contribution in [0.5, 0.6) is 5.88 Å². The zero-order chi connectivity index (χ0) is 18.4. The fourth-order valence-electron chi connectivity index (χ4n) is 2.62. The van der Waals surface area contributed by atoms with Crippen molar-refractivity contribution >= 4 is 11.7 Å². The van der Waals surface area contributed by atoms with Gasteiger partial charge in [0.05, 0.1) is 19.3 Å². The summed E-state index contributed by atoms with van der Waals surface area (Å²) in [5, 5.41) is 7.20. The number of hydrogen-bond acceptors (Lipinski definition) is 4. The molecule has 0 saturated carbocycles. The maximum absolute atomic E-state index is 12.6. The number of carbonyl (C=O) groups is 1. The Labute approximate surface area is 152 Å². The number of pyridine rings is 1. The molecule has 6 nitrogen and oxygen atoms in total. The molecular weight excluding hydrogens is 328 g/mol. The van der Waals surface area contributed by atoms with Gasteiger partial charge in [0.1, 0.15) is 11.4 Å². The standard InChI is InChI=1S/C20H22N4O2/c1-3-15-7-9-16(10-8-15)14-24-18(11-13-22-24)23-19(25)17-6-5-12-21-20(17)26-4-2/h5-13H,3-4,14H2,1-2H3,(H,23,25). The zero-order valence-electron chi connectivity index (χ0n) is 15.0. The Bertz CT molecular complexity index is 872. The van der Waals surface area contributed by atoms with Gasteiger partial charge in [0.2, 0.25) is 5.88 Å². The van der Waals surface area contributed by atoms with E-state index in [2.05, 4.69) is 46.6 Å². The van der Waals surface area contributed by atoms with Crippen LogP contribution in [0.3, 0.4) is 0 Å². The summed E-state index contributed by atoms with van der Waals surface area (Å²) in [6.45, 7) is 5.02. The van der Waals surface area contributed by atoms with Crippen LogP contribution in [0.4, 0.5) is 5.82 Å². The van der Waals surface area contributed by atoms with E-state index in [1.807, 2.05) is 6.92 Å². The van der Waals surface area contributed by atoms with Crippen LogP contribution in [-0.4, -0.2) is 27.3 Å². The molecule has 26 heavy (non-hydrogen) atoms. The normalized spacial score (nSPS) is 10.5. The second-order valence-corrected chi connectivity index (χ2v) is 5.79. The average molecular weight is 350 g/mol. The highest BCUT2D eigenvalue weighted by Crippen LogP contribution is 2.17. The average Bonchev–Trinajstić information content (AvgIpc) is 3.09. The third-order valence-corrected chi connectivity index (χ3v) is 4.02. The van der Waals surface area contributed by atoms with Gasteiger partial charge < -0.3 is 10.1 Å². The van der Waals surface area contributed by atoms with E-state index in [0.717, 1.165) is 12.0 Å². The first kappa shape index (κ1) is 17.7. The monoisotopic (exact) mass is 350 g/mol. The minimum atomic E-state index is -0.273. The number of rotatable bonds is 7. The summed E-state index contributed by atoms with van der Waals surface area (Å²) in [6.07, 6.45) is 4.28. The summed E-state index contributed by atoms with van der Waals surface area (Å²) < 4.78 is 7.19. The van der Waals surface area contributed by atoms with Gasteiger partial charge in [0.25, 0.3) is 5.91 Å². The number of aromatic nitrogens is 3. The SMILES string of the molecule is CCOc1ncccc1C(=O)Nc1ccnn1Cc1ccc(CC)cc1. The molecule has 1 aromatic carbocycles. The lowest BCUT2D eigenvalue weighted by molar-refractivity contribution is 0.102. The molecule has 134 valence electrons. The Morgan fingerprint density at radius 1 is 1.08 bits per heavy atom. The van der Waals surface area contributed by atoms with Gasteiger partial charge in [-0.05, 0) is 36.6 Å². The molecule has 0 saturated heterocycles. The summed E-state index contributed by atoms with van der Waals surface area (Å²) in [5.41, 5.74) is 2.81. The molecule has 3 aromatic rings. The summed E-state index contributed by atoms with van der Waals surface area (Å²) in [7, 11) is 0. The number of nitrogens with one attached hydrogen (secondary N) is 1. The maximum Gasteiger partial charge on any atom is 0.262 e. The molecule has 0 spiro atoms. The Balaban J connectivity index is 1.75. The van der Waals surface area contributed by atoms with E-state index in [1.165, 1.54) is 5.56 Å². The van der Waals surface area contributed by atoms with Crippen LogP contribution in [0.25, 0.3) is 0 Å². The van der Waals surface area contributed by atoms with Crippen molar-refractivity contribution in [3.63, 3.8) is 0 Å². The minimum absolute atomic E-state index is 0.273. The first-order chi connectivity index (χ1) is 12.7. The molecule has 0 fully saturated rings. The summed E-state index contributed by atoms with van der Waals surface area (Å²) in [4.78, 5) is 16.7. The number of ether oxygens (including phenoxy) is 1. The summed E-state index contributed by atoms with van der Waals surface area (Å²) in [5.74, 6) is 0.680. The Hall–Kier alpha value is -3.15. The summed E-state index contributed by atoms with van der Waals surface area (Å²) in [6, 6.07) is 13.6. The molecule has 1 amide bonds. The third kappa shape index (κ3) is 4.08. The van der Waals surface area contributed by atoms with Crippen molar-refractivity contribution in [1.29, 1.82) is 0 Å². The van der Waals surface area contributed by atoms with Crippen LogP contribution >= 0.6 is 0 Å². The second kappa shape index (κ2) is 8.29. The van der Waals surface area contributed by atoms with Gasteiger partial charge in [-0.1, -0.05) is 31.2 Å². The molecule has 0 aliphatic carbocycles. The Kier molecular flexibility index (Phi) is 5.63. The first-order valence-electron chi connectivity index (χ1n) is 8.70. The molecule has 1 N–H and O–H groups in total. The van der Waals surface area contributed by atoms with Crippen molar-refractivity contribution in [2.45, 2.75) is 26.8 Å². The Morgan fingerprint density at radius 2 is 1.85 bits per heavy atom. The van der Waals surface area contributed by atoms with Gasteiger partial charge in [0.15, 0.2) is 0 Å². The van der Waals surface area contributed by atoms with Gasteiger partial charge in [-0.25, -0.2) is 9.67 Å². The molecule has 2 heterocycles. The van der Waals surface area contributed by atoms with E-state index >= 15 is 0 Å². The second-order valence-electron chi connectivity index (χ2n) is 5.79. The van der Waals surface area contributed by atoms with Crippen molar-refractivity contribution < 1.29 is 9.53 Å². The van der Waals surface area contributed by atoms with E-state index in [4.69, 9.17) is 4.74 Å². The molecule has 0 aliphatic heterocycles. The fraction of sp³-hybridized carbons (Fsp3) is 0.250. The van der Waals surface area contributed by atoms with Crippen molar-refractivity contribution in [1.82, 2.24) is 14.8 Å². The zero-order valence-corrected chi connectivity index (χ0v) is 15.0. The fourth-order valence-corrected chi connectivity index (χ4v) is 2.62. The molecule has 3 rings (SSSR count). The van der Waals surface area contributed by atoms with Gasteiger partial charge in [0, 0.05) is 12.3 Å². The smallest absolute Gasteiger partial charge is 0.262 e. The number of nitrogens with zero attached hydrogens (tertiary/aromatic N) is 3. The highest BCUT2D eigenvalue weighted by atomic mass is 16.5. The van der Waals surface area contributed by atoms with Crippen molar-refractivity contribution in [2.75, 3.05) is 11.9 Å². The number of amides is 1. The predicted octanol–water partition coefficient (Wildman–Crippen LogP) is 3.54.